The SMILES string of the molecule is COc1nccnc1C(N)c1cc(C)nc2ccccc12. The van der Waals surface area contributed by atoms with E-state index in [1.165, 1.54) is 0 Å². The molecule has 0 amide bonds. The summed E-state index contributed by atoms with van der Waals surface area (Å²) in [6.45, 7) is 1.95. The molecule has 1 atom stereocenters. The molecule has 5 nitrogen and oxygen atoms in total. The normalized spacial score (nSPS) is 12.3. The molecule has 1 unspecified atom stereocenters. The average Bonchev–Trinajstić information content (AvgIpc) is 2.53. The first kappa shape index (κ1) is 13.5. The number of aromatic nitrogens is 3. The monoisotopic (exact) mass is 280 g/mol. The summed E-state index contributed by atoms with van der Waals surface area (Å²) in [4.78, 5) is 13.0. The van der Waals surface area contributed by atoms with Gasteiger partial charge in [0.2, 0.25) is 5.88 Å². The van der Waals surface area contributed by atoms with Crippen LogP contribution < -0.4 is 10.5 Å². The van der Waals surface area contributed by atoms with Crippen LogP contribution in [-0.2, 0) is 0 Å². The van der Waals surface area contributed by atoms with Crippen molar-refractivity contribution in [1.82, 2.24) is 15.0 Å². The second-order valence-electron chi connectivity index (χ2n) is 4.80. The molecule has 0 saturated heterocycles. The highest BCUT2D eigenvalue weighted by Gasteiger charge is 2.19. The fourth-order valence-corrected chi connectivity index (χ4v) is 2.45. The quantitative estimate of drug-likeness (QED) is 0.797. The number of benzene rings is 1. The van der Waals surface area contributed by atoms with E-state index < -0.39 is 6.04 Å². The predicted octanol–water partition coefficient (Wildman–Crippen LogP) is 2.39. The van der Waals surface area contributed by atoms with Gasteiger partial charge in [-0.25, -0.2) is 4.98 Å². The van der Waals surface area contributed by atoms with Gasteiger partial charge in [-0.05, 0) is 24.6 Å². The Labute approximate surface area is 122 Å². The molecule has 21 heavy (non-hydrogen) atoms. The molecule has 0 saturated carbocycles. The van der Waals surface area contributed by atoms with Crippen molar-refractivity contribution in [3.05, 3.63) is 59.7 Å². The minimum atomic E-state index is -0.416. The molecule has 2 aromatic heterocycles. The lowest BCUT2D eigenvalue weighted by Gasteiger charge is -2.16. The summed E-state index contributed by atoms with van der Waals surface area (Å²) >= 11 is 0. The van der Waals surface area contributed by atoms with Gasteiger partial charge in [0, 0.05) is 23.5 Å². The van der Waals surface area contributed by atoms with Crippen molar-refractivity contribution in [1.29, 1.82) is 0 Å². The van der Waals surface area contributed by atoms with E-state index >= 15 is 0 Å². The van der Waals surface area contributed by atoms with Gasteiger partial charge in [-0.1, -0.05) is 18.2 Å². The molecule has 3 aromatic rings. The van der Waals surface area contributed by atoms with E-state index in [0.29, 0.717) is 11.6 Å². The van der Waals surface area contributed by atoms with Crippen LogP contribution in [0.5, 0.6) is 5.88 Å². The van der Waals surface area contributed by atoms with Crippen LogP contribution in [0.2, 0.25) is 0 Å². The van der Waals surface area contributed by atoms with E-state index in [1.807, 2.05) is 37.3 Å². The molecular formula is C16H16N4O. The second-order valence-corrected chi connectivity index (χ2v) is 4.80. The van der Waals surface area contributed by atoms with Crippen LogP contribution in [0.4, 0.5) is 0 Å². The van der Waals surface area contributed by atoms with Crippen molar-refractivity contribution in [3.8, 4) is 5.88 Å². The molecule has 2 heterocycles. The zero-order valence-electron chi connectivity index (χ0n) is 11.9. The van der Waals surface area contributed by atoms with E-state index in [2.05, 4.69) is 15.0 Å². The second kappa shape index (κ2) is 5.46. The molecular weight excluding hydrogens is 264 g/mol. The van der Waals surface area contributed by atoms with Crippen LogP contribution >= 0.6 is 0 Å². The smallest absolute Gasteiger partial charge is 0.237 e. The number of nitrogens with two attached hydrogens (primary N) is 1. The van der Waals surface area contributed by atoms with Crippen LogP contribution in [0.1, 0.15) is 23.0 Å². The highest BCUT2D eigenvalue weighted by molar-refractivity contribution is 5.83. The third kappa shape index (κ3) is 2.43. The molecule has 1 aromatic carbocycles. The maximum absolute atomic E-state index is 6.42. The summed E-state index contributed by atoms with van der Waals surface area (Å²) in [5.41, 5.74) is 9.85. The van der Waals surface area contributed by atoms with Crippen LogP contribution in [0.3, 0.4) is 0 Å². The molecule has 0 bridgehead atoms. The topological polar surface area (TPSA) is 73.9 Å². The van der Waals surface area contributed by atoms with Crippen LogP contribution in [0.25, 0.3) is 10.9 Å². The van der Waals surface area contributed by atoms with Gasteiger partial charge < -0.3 is 10.5 Å². The van der Waals surface area contributed by atoms with Crippen molar-refractivity contribution in [2.24, 2.45) is 5.73 Å². The third-order valence-electron chi connectivity index (χ3n) is 3.39. The largest absolute Gasteiger partial charge is 0.480 e. The number of para-hydroxylation sites is 1. The summed E-state index contributed by atoms with van der Waals surface area (Å²) in [6.07, 6.45) is 3.21. The van der Waals surface area contributed by atoms with Crippen LogP contribution in [-0.4, -0.2) is 22.1 Å². The van der Waals surface area contributed by atoms with Gasteiger partial charge in [-0.2, -0.15) is 0 Å². The number of methoxy groups -OCH3 is 1. The Hall–Kier alpha value is -2.53. The number of aryl methyl sites for hydroxylation is 1. The van der Waals surface area contributed by atoms with Gasteiger partial charge in [0.25, 0.3) is 0 Å². The fraction of sp³-hybridized carbons (Fsp3) is 0.188. The highest BCUT2D eigenvalue weighted by atomic mass is 16.5. The minimum absolute atomic E-state index is 0.416. The average molecular weight is 280 g/mol. The Morgan fingerprint density at radius 3 is 2.71 bits per heavy atom. The van der Waals surface area contributed by atoms with Crippen molar-refractivity contribution in [2.45, 2.75) is 13.0 Å². The number of nitrogens with zero attached hydrogens (tertiary/aromatic N) is 3. The first-order chi connectivity index (χ1) is 10.2. The van der Waals surface area contributed by atoms with E-state index in [1.54, 1.807) is 19.5 Å². The number of hydrogen-bond donors (Lipinski definition) is 1. The van der Waals surface area contributed by atoms with Gasteiger partial charge in [-0.15, -0.1) is 0 Å². The van der Waals surface area contributed by atoms with E-state index in [4.69, 9.17) is 10.5 Å². The first-order valence-electron chi connectivity index (χ1n) is 6.67. The van der Waals surface area contributed by atoms with E-state index in [-0.39, 0.29) is 0 Å². The number of fused-ring (bicyclic) bond motifs is 1. The molecule has 3 rings (SSSR count). The van der Waals surface area contributed by atoms with Gasteiger partial charge in [0.1, 0.15) is 5.69 Å². The molecule has 0 spiro atoms. The Bertz CT molecular complexity index is 788. The number of pyridine rings is 1. The molecule has 0 fully saturated rings. The number of hydrogen-bond acceptors (Lipinski definition) is 5. The summed E-state index contributed by atoms with van der Waals surface area (Å²) in [6, 6.07) is 9.50. The van der Waals surface area contributed by atoms with Crippen molar-refractivity contribution < 1.29 is 4.74 Å². The third-order valence-corrected chi connectivity index (χ3v) is 3.39. The van der Waals surface area contributed by atoms with Crippen molar-refractivity contribution in [2.75, 3.05) is 7.11 Å². The minimum Gasteiger partial charge on any atom is -0.480 e. The molecule has 5 heteroatoms. The Morgan fingerprint density at radius 1 is 1.14 bits per heavy atom. The lowest BCUT2D eigenvalue weighted by molar-refractivity contribution is 0.387. The predicted molar refractivity (Wildman–Crippen MR) is 81.1 cm³/mol. The molecule has 0 radical (unpaired) electrons. The molecule has 0 aliphatic rings. The standard InChI is InChI=1S/C16H16N4O/c1-10-9-12(11-5-3-4-6-13(11)20-10)14(17)15-16(21-2)19-8-7-18-15/h3-9,14H,17H2,1-2H3. The number of ether oxygens (including phenoxy) is 1. The zero-order chi connectivity index (χ0) is 14.8. The summed E-state index contributed by atoms with van der Waals surface area (Å²) in [5, 5.41) is 1.02. The lowest BCUT2D eigenvalue weighted by atomic mass is 9.99. The van der Waals surface area contributed by atoms with Crippen molar-refractivity contribution >= 4 is 10.9 Å². The molecule has 106 valence electrons. The first-order valence-corrected chi connectivity index (χ1v) is 6.67. The van der Waals surface area contributed by atoms with Crippen LogP contribution in [0.15, 0.2) is 42.7 Å². The molecule has 2 N–H and O–H groups in total. The Balaban J connectivity index is 2.20. The summed E-state index contributed by atoms with van der Waals surface area (Å²) < 4.78 is 5.26. The zero-order valence-corrected chi connectivity index (χ0v) is 11.9. The molecule has 0 aliphatic carbocycles. The molecule has 0 aliphatic heterocycles. The maximum atomic E-state index is 6.42. The Morgan fingerprint density at radius 2 is 1.90 bits per heavy atom. The number of rotatable bonds is 3. The maximum Gasteiger partial charge on any atom is 0.237 e. The lowest BCUT2D eigenvalue weighted by Crippen LogP contribution is -2.16. The fourth-order valence-electron chi connectivity index (χ4n) is 2.45. The summed E-state index contributed by atoms with van der Waals surface area (Å²) in [7, 11) is 1.57. The Kier molecular flexibility index (Phi) is 3.50. The van der Waals surface area contributed by atoms with E-state index in [0.717, 1.165) is 22.2 Å². The summed E-state index contributed by atoms with van der Waals surface area (Å²) in [5.74, 6) is 0.448. The van der Waals surface area contributed by atoms with Gasteiger partial charge in [0.05, 0.1) is 18.7 Å². The highest BCUT2D eigenvalue weighted by Crippen LogP contribution is 2.29. The van der Waals surface area contributed by atoms with Crippen LogP contribution in [0, 0.1) is 6.92 Å². The van der Waals surface area contributed by atoms with Gasteiger partial charge >= 0.3 is 0 Å². The van der Waals surface area contributed by atoms with Gasteiger partial charge in [0.15, 0.2) is 0 Å². The van der Waals surface area contributed by atoms with Crippen molar-refractivity contribution in [3.63, 3.8) is 0 Å². The van der Waals surface area contributed by atoms with E-state index in [9.17, 15) is 0 Å². The van der Waals surface area contributed by atoms with Gasteiger partial charge in [-0.3, -0.25) is 9.97 Å².